The van der Waals surface area contributed by atoms with Gasteiger partial charge in [0, 0.05) is 13.1 Å². The van der Waals surface area contributed by atoms with Crippen LogP contribution >= 0.6 is 0 Å². The smallest absolute Gasteiger partial charge is 0.212 e. The number of hydrogen-bond donors (Lipinski definition) is 0. The summed E-state index contributed by atoms with van der Waals surface area (Å²) in [4.78, 5) is 0. The summed E-state index contributed by atoms with van der Waals surface area (Å²) in [5, 5.41) is 0. The van der Waals surface area contributed by atoms with Gasteiger partial charge in [-0.1, -0.05) is 34.1 Å². The molecule has 1 aliphatic heterocycles. The fraction of sp³-hybridized carbons (Fsp3) is 1.00. The highest BCUT2D eigenvalue weighted by molar-refractivity contribution is 7.89. The predicted molar refractivity (Wildman–Crippen MR) is 63.2 cm³/mol. The maximum absolute atomic E-state index is 11.7. The predicted octanol–water partition coefficient (Wildman–Crippen LogP) is 2.09. The third kappa shape index (κ3) is 3.18. The van der Waals surface area contributed by atoms with Crippen LogP contribution in [0.5, 0.6) is 0 Å². The average molecular weight is 233 g/mol. The molecule has 3 nitrogen and oxygen atoms in total. The lowest BCUT2D eigenvalue weighted by atomic mass is 9.79. The minimum Gasteiger partial charge on any atom is -0.212 e. The van der Waals surface area contributed by atoms with Gasteiger partial charge in [-0.3, -0.25) is 0 Å². The zero-order chi connectivity index (χ0) is 11.7. The largest absolute Gasteiger partial charge is 0.214 e. The maximum Gasteiger partial charge on any atom is 0.214 e. The molecule has 0 spiro atoms. The summed E-state index contributed by atoms with van der Waals surface area (Å²) in [5.74, 6) is 0.790. The molecule has 0 aliphatic carbocycles. The van der Waals surface area contributed by atoms with Crippen molar-refractivity contribution in [1.29, 1.82) is 0 Å². The highest BCUT2D eigenvalue weighted by Crippen LogP contribution is 2.31. The van der Waals surface area contributed by atoms with E-state index in [0.717, 1.165) is 19.4 Å². The molecule has 0 N–H and O–H groups in total. The van der Waals surface area contributed by atoms with Crippen molar-refractivity contribution in [3.8, 4) is 0 Å². The van der Waals surface area contributed by atoms with E-state index in [4.69, 9.17) is 0 Å². The second kappa shape index (κ2) is 4.42. The van der Waals surface area contributed by atoms with Gasteiger partial charge in [0.05, 0.1) is 5.75 Å². The standard InChI is InChI=1S/C11H23NO2S/c1-5-10(11(2,3)4)9-12-7-6-8-15(12,13)14/h10H,5-9H2,1-4H3. The minimum absolute atomic E-state index is 0.187. The summed E-state index contributed by atoms with van der Waals surface area (Å²) >= 11 is 0. The molecule has 4 heteroatoms. The van der Waals surface area contributed by atoms with Gasteiger partial charge in [-0.15, -0.1) is 0 Å². The Morgan fingerprint density at radius 1 is 1.33 bits per heavy atom. The second-order valence-corrected chi connectivity index (χ2v) is 7.59. The molecule has 1 atom stereocenters. The van der Waals surface area contributed by atoms with Crippen LogP contribution in [0.15, 0.2) is 0 Å². The van der Waals surface area contributed by atoms with E-state index >= 15 is 0 Å². The number of nitrogens with zero attached hydrogens (tertiary/aromatic N) is 1. The van der Waals surface area contributed by atoms with Crippen molar-refractivity contribution in [3.05, 3.63) is 0 Å². The number of rotatable bonds is 3. The minimum atomic E-state index is -2.92. The Kier molecular flexibility index (Phi) is 3.82. The van der Waals surface area contributed by atoms with Crippen molar-refractivity contribution in [2.24, 2.45) is 11.3 Å². The molecular formula is C11H23NO2S. The van der Waals surface area contributed by atoms with Gasteiger partial charge in [0.15, 0.2) is 0 Å². The molecule has 1 aliphatic rings. The Labute approximate surface area is 93.9 Å². The Balaban J connectivity index is 2.68. The molecule has 1 heterocycles. The third-order valence-electron chi connectivity index (χ3n) is 3.34. The maximum atomic E-state index is 11.7. The first-order chi connectivity index (χ1) is 6.77. The molecule has 1 saturated heterocycles. The van der Waals surface area contributed by atoms with Gasteiger partial charge in [0.1, 0.15) is 0 Å². The zero-order valence-electron chi connectivity index (χ0n) is 10.3. The molecule has 0 aromatic heterocycles. The van der Waals surface area contributed by atoms with Crippen LogP contribution < -0.4 is 0 Å². The van der Waals surface area contributed by atoms with Crippen LogP contribution in [0.1, 0.15) is 40.5 Å². The highest BCUT2D eigenvalue weighted by Gasteiger charge is 2.33. The Morgan fingerprint density at radius 2 is 1.93 bits per heavy atom. The van der Waals surface area contributed by atoms with E-state index in [9.17, 15) is 8.42 Å². The Hall–Kier alpha value is -0.0900. The molecule has 1 rings (SSSR count). The lowest BCUT2D eigenvalue weighted by Crippen LogP contribution is -2.36. The summed E-state index contributed by atoms with van der Waals surface area (Å²) < 4.78 is 25.0. The van der Waals surface area contributed by atoms with Crippen molar-refractivity contribution in [2.45, 2.75) is 40.5 Å². The van der Waals surface area contributed by atoms with E-state index in [0.29, 0.717) is 18.2 Å². The molecule has 0 bridgehead atoms. The van der Waals surface area contributed by atoms with E-state index in [2.05, 4.69) is 27.7 Å². The molecule has 0 aromatic carbocycles. The molecule has 0 saturated carbocycles. The number of hydrogen-bond acceptors (Lipinski definition) is 2. The van der Waals surface area contributed by atoms with Crippen molar-refractivity contribution in [1.82, 2.24) is 4.31 Å². The summed E-state index contributed by atoms with van der Waals surface area (Å²) in [5.41, 5.74) is 0.187. The lowest BCUT2D eigenvalue weighted by molar-refractivity contribution is 0.195. The normalized spacial score (nSPS) is 24.3. The van der Waals surface area contributed by atoms with Gasteiger partial charge in [0.25, 0.3) is 0 Å². The van der Waals surface area contributed by atoms with E-state index in [1.807, 2.05) is 0 Å². The van der Waals surface area contributed by atoms with Crippen LogP contribution in [0.4, 0.5) is 0 Å². The van der Waals surface area contributed by atoms with Crippen molar-refractivity contribution < 1.29 is 8.42 Å². The van der Waals surface area contributed by atoms with Crippen molar-refractivity contribution >= 4 is 10.0 Å². The average Bonchev–Trinajstić information content (AvgIpc) is 2.39. The molecule has 1 fully saturated rings. The van der Waals surface area contributed by atoms with Crippen LogP contribution in [0.2, 0.25) is 0 Å². The molecule has 15 heavy (non-hydrogen) atoms. The summed E-state index contributed by atoms with van der Waals surface area (Å²) in [6.45, 7) is 10.1. The molecular weight excluding hydrogens is 210 g/mol. The molecule has 90 valence electrons. The number of sulfonamides is 1. The van der Waals surface area contributed by atoms with Crippen LogP contribution in [0, 0.1) is 11.3 Å². The van der Waals surface area contributed by atoms with Gasteiger partial charge in [-0.25, -0.2) is 12.7 Å². The Morgan fingerprint density at radius 3 is 2.27 bits per heavy atom. The molecule has 1 unspecified atom stereocenters. The fourth-order valence-electron chi connectivity index (χ4n) is 2.16. The first kappa shape index (κ1) is 13.0. The van der Waals surface area contributed by atoms with Crippen LogP contribution in [-0.4, -0.2) is 31.6 Å². The topological polar surface area (TPSA) is 37.4 Å². The first-order valence-electron chi connectivity index (χ1n) is 5.75. The van der Waals surface area contributed by atoms with Crippen molar-refractivity contribution in [2.75, 3.05) is 18.8 Å². The molecule has 0 aromatic rings. The van der Waals surface area contributed by atoms with Gasteiger partial charge < -0.3 is 0 Å². The summed E-state index contributed by atoms with van der Waals surface area (Å²) in [7, 11) is -2.92. The molecule has 0 amide bonds. The van der Waals surface area contributed by atoms with Crippen LogP contribution in [0.25, 0.3) is 0 Å². The first-order valence-corrected chi connectivity index (χ1v) is 7.36. The monoisotopic (exact) mass is 233 g/mol. The van der Waals surface area contributed by atoms with Gasteiger partial charge in [-0.05, 0) is 17.8 Å². The summed E-state index contributed by atoms with van der Waals surface area (Å²) in [6, 6.07) is 0. The Bertz CT molecular complexity index is 303. The van der Waals surface area contributed by atoms with Gasteiger partial charge >= 0.3 is 0 Å². The van der Waals surface area contributed by atoms with E-state index in [1.54, 1.807) is 4.31 Å². The second-order valence-electron chi connectivity index (χ2n) is 5.50. The van der Waals surface area contributed by atoms with E-state index in [-0.39, 0.29) is 5.41 Å². The van der Waals surface area contributed by atoms with Crippen molar-refractivity contribution in [3.63, 3.8) is 0 Å². The fourth-order valence-corrected chi connectivity index (χ4v) is 3.72. The molecule has 0 radical (unpaired) electrons. The third-order valence-corrected chi connectivity index (χ3v) is 5.27. The van der Waals surface area contributed by atoms with E-state index < -0.39 is 10.0 Å². The summed E-state index contributed by atoms with van der Waals surface area (Å²) in [6.07, 6.45) is 1.83. The lowest BCUT2D eigenvalue weighted by Gasteiger charge is -2.32. The highest BCUT2D eigenvalue weighted by atomic mass is 32.2. The SMILES string of the molecule is CCC(CN1CCCS1(=O)=O)C(C)(C)C. The van der Waals surface area contributed by atoms with Crippen LogP contribution in [0.3, 0.4) is 0 Å². The van der Waals surface area contributed by atoms with E-state index in [1.165, 1.54) is 0 Å². The quantitative estimate of drug-likeness (QED) is 0.748. The van der Waals surface area contributed by atoms with Crippen LogP contribution in [-0.2, 0) is 10.0 Å². The van der Waals surface area contributed by atoms with Gasteiger partial charge in [-0.2, -0.15) is 0 Å². The van der Waals surface area contributed by atoms with Gasteiger partial charge in [0.2, 0.25) is 10.0 Å². The zero-order valence-corrected chi connectivity index (χ0v) is 11.1.